The minimum absolute atomic E-state index is 0.244. The van der Waals surface area contributed by atoms with E-state index in [2.05, 4.69) is 10.3 Å². The third kappa shape index (κ3) is 3.14. The molecule has 0 aliphatic carbocycles. The van der Waals surface area contributed by atoms with Crippen molar-refractivity contribution >= 4 is 5.91 Å². The van der Waals surface area contributed by atoms with Crippen molar-refractivity contribution in [2.24, 2.45) is 0 Å². The second kappa shape index (κ2) is 4.72. The van der Waals surface area contributed by atoms with Gasteiger partial charge in [0, 0.05) is 12.2 Å². The molecule has 0 bridgehead atoms. The molecule has 1 heterocycles. The van der Waals surface area contributed by atoms with Crippen LogP contribution in [0.15, 0.2) is 18.2 Å². The fourth-order valence-electron chi connectivity index (χ4n) is 1.00. The Labute approximate surface area is 83.0 Å². The van der Waals surface area contributed by atoms with Gasteiger partial charge in [0.1, 0.15) is 5.69 Å². The fourth-order valence-corrected chi connectivity index (χ4v) is 1.00. The molecule has 0 saturated heterocycles. The molecule has 1 aromatic heterocycles. The van der Waals surface area contributed by atoms with Crippen LogP contribution in [0.3, 0.4) is 0 Å². The average Bonchev–Trinajstić information content (AvgIpc) is 2.14. The van der Waals surface area contributed by atoms with Crippen LogP contribution < -0.4 is 5.32 Å². The van der Waals surface area contributed by atoms with Crippen molar-refractivity contribution in [1.82, 2.24) is 10.3 Å². The van der Waals surface area contributed by atoms with Crippen molar-refractivity contribution in [1.29, 1.82) is 0 Å². The molecule has 76 valence electrons. The molecule has 0 saturated carbocycles. The molecule has 1 rings (SSSR count). The quantitative estimate of drug-likeness (QED) is 0.736. The Bertz CT molecular complexity index is 324. The highest BCUT2D eigenvalue weighted by molar-refractivity contribution is 5.92. The van der Waals surface area contributed by atoms with Crippen LogP contribution in [0.5, 0.6) is 0 Å². The monoisotopic (exact) mass is 194 g/mol. The fraction of sp³-hybridized carbons (Fsp3) is 0.400. The van der Waals surface area contributed by atoms with Crippen LogP contribution in [0, 0.1) is 6.92 Å². The number of rotatable bonds is 3. The first-order valence-electron chi connectivity index (χ1n) is 4.49. The Morgan fingerprint density at radius 1 is 1.64 bits per heavy atom. The van der Waals surface area contributed by atoms with E-state index in [0.717, 1.165) is 5.69 Å². The number of aliphatic hydroxyl groups excluding tert-OH is 1. The van der Waals surface area contributed by atoms with E-state index in [-0.39, 0.29) is 12.5 Å². The van der Waals surface area contributed by atoms with Gasteiger partial charge in [-0.25, -0.2) is 4.98 Å². The van der Waals surface area contributed by atoms with Gasteiger partial charge in [-0.15, -0.1) is 0 Å². The molecule has 14 heavy (non-hydrogen) atoms. The van der Waals surface area contributed by atoms with Crippen molar-refractivity contribution in [3.8, 4) is 0 Å². The zero-order valence-corrected chi connectivity index (χ0v) is 8.32. The van der Waals surface area contributed by atoms with E-state index in [1.165, 1.54) is 0 Å². The summed E-state index contributed by atoms with van der Waals surface area (Å²) >= 11 is 0. The molecule has 0 aromatic carbocycles. The lowest BCUT2D eigenvalue weighted by atomic mass is 10.3. The van der Waals surface area contributed by atoms with Crippen LogP contribution in [0.2, 0.25) is 0 Å². The summed E-state index contributed by atoms with van der Waals surface area (Å²) in [5.41, 5.74) is 1.18. The highest BCUT2D eigenvalue weighted by atomic mass is 16.3. The Balaban J connectivity index is 2.61. The van der Waals surface area contributed by atoms with Gasteiger partial charge in [-0.2, -0.15) is 0 Å². The zero-order chi connectivity index (χ0) is 10.6. The smallest absolute Gasteiger partial charge is 0.269 e. The highest BCUT2D eigenvalue weighted by Crippen LogP contribution is 1.97. The summed E-state index contributed by atoms with van der Waals surface area (Å²) in [5.74, 6) is -0.255. The van der Waals surface area contributed by atoms with Gasteiger partial charge in [-0.3, -0.25) is 4.79 Å². The Hall–Kier alpha value is -1.42. The number of nitrogens with one attached hydrogen (secondary N) is 1. The van der Waals surface area contributed by atoms with Gasteiger partial charge in [0.05, 0.1) is 6.10 Å². The predicted octanol–water partition coefficient (Wildman–Crippen LogP) is 0.501. The molecule has 0 fully saturated rings. The normalized spacial score (nSPS) is 12.2. The van der Waals surface area contributed by atoms with Gasteiger partial charge in [-0.1, -0.05) is 6.07 Å². The molecule has 1 atom stereocenters. The van der Waals surface area contributed by atoms with Crippen molar-refractivity contribution in [3.63, 3.8) is 0 Å². The summed E-state index contributed by atoms with van der Waals surface area (Å²) in [6.07, 6.45) is -0.538. The maximum Gasteiger partial charge on any atom is 0.269 e. The number of pyridine rings is 1. The molecule has 4 heteroatoms. The number of aryl methyl sites for hydroxylation is 1. The topological polar surface area (TPSA) is 62.2 Å². The van der Waals surface area contributed by atoms with Gasteiger partial charge in [0.15, 0.2) is 0 Å². The molecule has 0 radical (unpaired) electrons. The largest absolute Gasteiger partial charge is 0.392 e. The number of carbonyl (C=O) groups is 1. The molecular weight excluding hydrogens is 180 g/mol. The summed E-state index contributed by atoms with van der Waals surface area (Å²) in [4.78, 5) is 15.5. The second-order valence-corrected chi connectivity index (χ2v) is 3.22. The maximum atomic E-state index is 11.4. The Morgan fingerprint density at radius 2 is 2.36 bits per heavy atom. The van der Waals surface area contributed by atoms with Crippen LogP contribution in [0.25, 0.3) is 0 Å². The first-order valence-corrected chi connectivity index (χ1v) is 4.49. The lowest BCUT2D eigenvalue weighted by Crippen LogP contribution is -2.31. The Morgan fingerprint density at radius 3 is 2.93 bits per heavy atom. The van der Waals surface area contributed by atoms with Crippen molar-refractivity contribution < 1.29 is 9.90 Å². The minimum atomic E-state index is -0.538. The molecule has 1 amide bonds. The van der Waals surface area contributed by atoms with Crippen LogP contribution >= 0.6 is 0 Å². The van der Waals surface area contributed by atoms with Gasteiger partial charge in [0.2, 0.25) is 0 Å². The molecular formula is C10H14N2O2. The van der Waals surface area contributed by atoms with Crippen molar-refractivity contribution in [2.75, 3.05) is 6.54 Å². The summed E-state index contributed by atoms with van der Waals surface area (Å²) in [7, 11) is 0. The van der Waals surface area contributed by atoms with E-state index < -0.39 is 6.10 Å². The number of nitrogens with zero attached hydrogens (tertiary/aromatic N) is 1. The van der Waals surface area contributed by atoms with E-state index in [1.807, 2.05) is 13.0 Å². The third-order valence-electron chi connectivity index (χ3n) is 1.68. The van der Waals surface area contributed by atoms with Crippen LogP contribution in [-0.2, 0) is 0 Å². The number of hydrogen-bond donors (Lipinski definition) is 2. The molecule has 1 aromatic rings. The van der Waals surface area contributed by atoms with Gasteiger partial charge in [0.25, 0.3) is 5.91 Å². The third-order valence-corrected chi connectivity index (χ3v) is 1.68. The van der Waals surface area contributed by atoms with Gasteiger partial charge >= 0.3 is 0 Å². The zero-order valence-electron chi connectivity index (χ0n) is 8.32. The SMILES string of the molecule is Cc1cccc(C(=O)NCC(C)O)n1. The molecule has 2 N–H and O–H groups in total. The van der Waals surface area contributed by atoms with Crippen molar-refractivity contribution in [2.45, 2.75) is 20.0 Å². The lowest BCUT2D eigenvalue weighted by molar-refractivity contribution is 0.0919. The first-order chi connectivity index (χ1) is 6.59. The van der Waals surface area contributed by atoms with E-state index in [1.54, 1.807) is 19.1 Å². The van der Waals surface area contributed by atoms with E-state index >= 15 is 0 Å². The average molecular weight is 194 g/mol. The maximum absolute atomic E-state index is 11.4. The summed E-state index contributed by atoms with van der Waals surface area (Å²) in [5, 5.41) is 11.5. The van der Waals surface area contributed by atoms with Crippen LogP contribution in [-0.4, -0.2) is 28.6 Å². The number of carbonyl (C=O) groups excluding carboxylic acids is 1. The molecule has 1 unspecified atom stereocenters. The summed E-state index contributed by atoms with van der Waals surface area (Å²) in [6.45, 7) is 3.68. The van der Waals surface area contributed by atoms with E-state index in [9.17, 15) is 4.79 Å². The number of aliphatic hydroxyl groups is 1. The minimum Gasteiger partial charge on any atom is -0.392 e. The summed E-state index contributed by atoms with van der Waals surface area (Å²) < 4.78 is 0. The number of amides is 1. The molecule has 4 nitrogen and oxygen atoms in total. The van der Waals surface area contributed by atoms with Gasteiger partial charge in [-0.05, 0) is 26.0 Å². The van der Waals surface area contributed by atoms with E-state index in [0.29, 0.717) is 5.69 Å². The predicted molar refractivity (Wildman–Crippen MR) is 53.0 cm³/mol. The summed E-state index contributed by atoms with van der Waals surface area (Å²) in [6, 6.07) is 5.25. The standard InChI is InChI=1S/C10H14N2O2/c1-7-4-3-5-9(12-7)10(14)11-6-8(2)13/h3-5,8,13H,6H2,1-2H3,(H,11,14). The second-order valence-electron chi connectivity index (χ2n) is 3.22. The lowest BCUT2D eigenvalue weighted by Gasteiger charge is -2.06. The molecule has 0 aliphatic rings. The van der Waals surface area contributed by atoms with Crippen LogP contribution in [0.4, 0.5) is 0 Å². The molecule has 0 spiro atoms. The van der Waals surface area contributed by atoms with Gasteiger partial charge < -0.3 is 10.4 Å². The number of hydrogen-bond acceptors (Lipinski definition) is 3. The molecule has 0 aliphatic heterocycles. The highest BCUT2D eigenvalue weighted by Gasteiger charge is 2.06. The van der Waals surface area contributed by atoms with E-state index in [4.69, 9.17) is 5.11 Å². The Kier molecular flexibility index (Phi) is 3.59. The van der Waals surface area contributed by atoms with Crippen molar-refractivity contribution in [3.05, 3.63) is 29.6 Å². The van der Waals surface area contributed by atoms with Crippen LogP contribution in [0.1, 0.15) is 23.1 Å². The number of aromatic nitrogens is 1. The first kappa shape index (κ1) is 10.7.